The van der Waals surface area contributed by atoms with Gasteiger partial charge in [0.2, 0.25) is 0 Å². The Morgan fingerprint density at radius 2 is 0.625 bits per heavy atom. The normalized spacial score (nSPS) is 7.25. The Kier molecular flexibility index (Phi) is 20.4. The number of hydrogen-bond donors (Lipinski definition) is 0. The first-order valence-electron chi connectivity index (χ1n) is 4.07. The van der Waals surface area contributed by atoms with Gasteiger partial charge in [-0.3, -0.25) is 0 Å². The van der Waals surface area contributed by atoms with E-state index in [9.17, 15) is 0 Å². The number of benzene rings is 2. The molecule has 0 saturated carbocycles. The van der Waals surface area contributed by atoms with Crippen LogP contribution < -0.4 is 0 Å². The first-order valence-corrected chi connectivity index (χ1v) is 4.07. The molecule has 0 amide bonds. The Morgan fingerprint density at radius 3 is 0.875 bits per heavy atom. The van der Waals surface area contributed by atoms with E-state index in [0.717, 1.165) is 0 Å². The molecule has 0 aliphatic carbocycles. The van der Waals surface area contributed by atoms with Crippen LogP contribution in [-0.2, 0) is 0 Å². The van der Waals surface area contributed by atoms with Gasteiger partial charge in [-0.1, -0.05) is 60.7 Å². The van der Waals surface area contributed by atoms with Crippen molar-refractivity contribution in [3.05, 3.63) is 60.7 Å². The molecule has 0 aliphatic rings. The van der Waals surface area contributed by atoms with Gasteiger partial charge in [0.15, 0.2) is 0 Å². The maximum absolute atomic E-state index is 2.12. The number of hydrogen-bond acceptors (Lipinski definition) is 0. The minimum atomic E-state index is 0. The molecule has 0 atom stereocenters. The van der Waals surface area contributed by atoms with Gasteiger partial charge in [0.1, 0.15) is 0 Å². The van der Waals surface area contributed by atoms with Crippen LogP contribution in [0.4, 0.5) is 0 Å². The Hall–Kier alpha value is 2.44. The van der Waals surface area contributed by atoms with E-state index >= 15 is 0 Å². The van der Waals surface area contributed by atoms with Crippen LogP contribution in [0.3, 0.4) is 0 Å². The van der Waals surface area contributed by atoms with E-state index in [1.807, 2.05) is 12.1 Å². The molecule has 0 heterocycles. The van der Waals surface area contributed by atoms with Gasteiger partial charge in [-0.2, -0.15) is 0 Å². The second-order valence-corrected chi connectivity index (χ2v) is 2.73. The molecule has 0 unspecified atom stereocenters. The quantitative estimate of drug-likeness (QED) is 0.673. The fraction of sp³-hybridized carbons (Fsp3) is 0. The molecule has 0 N–H and O–H groups in total. The van der Waals surface area contributed by atoms with Gasteiger partial charge in [0.05, 0.1) is 0 Å². The van der Waals surface area contributed by atoms with Crippen molar-refractivity contribution in [2.75, 3.05) is 0 Å². The molecule has 16 heavy (non-hydrogen) atoms. The van der Waals surface area contributed by atoms with Gasteiger partial charge < -0.3 is 0 Å². The maximum Gasteiger partial charge on any atom is 0 e. The summed E-state index contributed by atoms with van der Waals surface area (Å²) < 4.78 is 0. The third-order valence-electron chi connectivity index (χ3n) is 1.88. The zero-order valence-electron chi connectivity index (χ0n) is 10.8. The van der Waals surface area contributed by atoms with E-state index in [1.54, 1.807) is 0 Å². The van der Waals surface area contributed by atoms with Gasteiger partial charge in [-0.25, -0.2) is 0 Å². The summed E-state index contributed by atoms with van der Waals surface area (Å²) in [7, 11) is 0. The summed E-state index contributed by atoms with van der Waals surface area (Å²) in [5.74, 6) is 0. The predicted octanol–water partition coefficient (Wildman–Crippen LogP) is 1.83. The molecule has 4 heteroatoms. The van der Waals surface area contributed by atoms with E-state index in [-0.39, 0.29) is 118 Å². The summed E-state index contributed by atoms with van der Waals surface area (Å²) in [6.45, 7) is 0. The molecule has 2 aromatic carbocycles. The van der Waals surface area contributed by atoms with Crippen molar-refractivity contribution >= 4 is 118 Å². The van der Waals surface area contributed by atoms with Crippen molar-refractivity contribution < 1.29 is 0 Å². The minimum absolute atomic E-state index is 0. The van der Waals surface area contributed by atoms with E-state index in [4.69, 9.17) is 0 Å². The van der Waals surface area contributed by atoms with Crippen molar-refractivity contribution in [2.24, 2.45) is 0 Å². The zero-order chi connectivity index (χ0) is 8.23. The SMILES string of the molecule is [Na].[Na].[Na].[Na].c1ccc(-c2ccccc2)cc1. The molecule has 0 spiro atoms. The van der Waals surface area contributed by atoms with Crippen molar-refractivity contribution in [3.8, 4) is 11.1 Å². The molecule has 0 nitrogen and oxygen atoms in total. The van der Waals surface area contributed by atoms with Gasteiger partial charge in [-0.05, 0) is 11.1 Å². The minimum Gasteiger partial charge on any atom is -0.0622 e. The Bertz CT molecular complexity index is 310. The smallest absolute Gasteiger partial charge is 0 e. The molecule has 0 fully saturated rings. The third kappa shape index (κ3) is 7.78. The zero-order valence-corrected chi connectivity index (χ0v) is 18.8. The second-order valence-electron chi connectivity index (χ2n) is 2.73. The summed E-state index contributed by atoms with van der Waals surface area (Å²) in [4.78, 5) is 0. The number of rotatable bonds is 1. The van der Waals surface area contributed by atoms with Crippen molar-refractivity contribution in [1.29, 1.82) is 0 Å². The Morgan fingerprint density at radius 1 is 0.375 bits per heavy atom. The monoisotopic (exact) mass is 246 g/mol. The first kappa shape index (κ1) is 23.5. The van der Waals surface area contributed by atoms with Gasteiger partial charge in [0.25, 0.3) is 0 Å². The molecule has 0 aliphatic heterocycles. The Balaban J connectivity index is -0.000000422. The molecule has 4 radical (unpaired) electrons. The molecule has 0 bridgehead atoms. The van der Waals surface area contributed by atoms with Crippen LogP contribution in [0.2, 0.25) is 0 Å². The van der Waals surface area contributed by atoms with Crippen molar-refractivity contribution in [1.82, 2.24) is 0 Å². The molecule has 0 saturated heterocycles. The van der Waals surface area contributed by atoms with E-state index < -0.39 is 0 Å². The molecular formula is C12H10Na4. The molecular weight excluding hydrogens is 236 g/mol. The van der Waals surface area contributed by atoms with Crippen LogP contribution in [0.15, 0.2) is 60.7 Å². The van der Waals surface area contributed by atoms with Gasteiger partial charge >= 0.3 is 0 Å². The van der Waals surface area contributed by atoms with Gasteiger partial charge in [0, 0.05) is 118 Å². The summed E-state index contributed by atoms with van der Waals surface area (Å²) in [5, 5.41) is 0. The predicted molar refractivity (Wildman–Crippen MR) is 74.9 cm³/mol. The van der Waals surface area contributed by atoms with Crippen LogP contribution in [0.1, 0.15) is 0 Å². The molecule has 62 valence electrons. The van der Waals surface area contributed by atoms with Gasteiger partial charge in [-0.15, -0.1) is 0 Å². The van der Waals surface area contributed by atoms with Crippen LogP contribution in [-0.4, -0.2) is 118 Å². The molecule has 2 rings (SSSR count). The van der Waals surface area contributed by atoms with Crippen molar-refractivity contribution in [3.63, 3.8) is 0 Å². The fourth-order valence-corrected chi connectivity index (χ4v) is 1.26. The largest absolute Gasteiger partial charge is 0.0622 e. The standard InChI is InChI=1S/C12H10.4Na/c1-3-7-11(8-4-1)12-9-5-2-6-10-12;;;;/h1-10H;;;;. The molecule has 2 aromatic rings. The summed E-state index contributed by atoms with van der Waals surface area (Å²) in [6, 6.07) is 20.8. The van der Waals surface area contributed by atoms with Crippen LogP contribution in [0.5, 0.6) is 0 Å². The first-order chi connectivity index (χ1) is 5.97. The average Bonchev–Trinajstić information content (AvgIpc) is 2.21. The summed E-state index contributed by atoms with van der Waals surface area (Å²) >= 11 is 0. The van der Waals surface area contributed by atoms with E-state index in [1.165, 1.54) is 11.1 Å². The van der Waals surface area contributed by atoms with E-state index in [0.29, 0.717) is 0 Å². The van der Waals surface area contributed by atoms with E-state index in [2.05, 4.69) is 48.5 Å². The average molecular weight is 246 g/mol. The third-order valence-corrected chi connectivity index (χ3v) is 1.88. The fourth-order valence-electron chi connectivity index (χ4n) is 1.26. The second kappa shape index (κ2) is 13.9. The summed E-state index contributed by atoms with van der Waals surface area (Å²) in [6.07, 6.45) is 0. The van der Waals surface area contributed by atoms with Crippen LogP contribution in [0, 0.1) is 0 Å². The molecule has 0 aromatic heterocycles. The topological polar surface area (TPSA) is 0 Å². The maximum atomic E-state index is 2.12. The van der Waals surface area contributed by atoms with Crippen molar-refractivity contribution in [2.45, 2.75) is 0 Å². The Labute approximate surface area is 186 Å². The van der Waals surface area contributed by atoms with Crippen LogP contribution >= 0.6 is 0 Å². The summed E-state index contributed by atoms with van der Waals surface area (Å²) in [5.41, 5.74) is 2.55. The van der Waals surface area contributed by atoms with Crippen LogP contribution in [0.25, 0.3) is 11.1 Å².